The van der Waals surface area contributed by atoms with Gasteiger partial charge in [0.15, 0.2) is 0 Å². The third-order valence-corrected chi connectivity index (χ3v) is 3.72. The zero-order valence-corrected chi connectivity index (χ0v) is 11.1. The van der Waals surface area contributed by atoms with Gasteiger partial charge in [0.05, 0.1) is 0 Å². The highest BCUT2D eigenvalue weighted by atomic mass is 32.2. The number of anilines is 1. The van der Waals surface area contributed by atoms with Gasteiger partial charge >= 0.3 is 0 Å². The molecule has 0 fully saturated rings. The number of pyridine rings is 1. The van der Waals surface area contributed by atoms with Crippen LogP contribution in [0.2, 0.25) is 0 Å². The second kappa shape index (κ2) is 5.78. The van der Waals surface area contributed by atoms with Gasteiger partial charge in [0, 0.05) is 35.1 Å². The summed E-state index contributed by atoms with van der Waals surface area (Å²) in [5.41, 5.74) is 7.95. The predicted octanol–water partition coefficient (Wildman–Crippen LogP) is 2.53. The van der Waals surface area contributed by atoms with Gasteiger partial charge in [0.25, 0.3) is 5.56 Å². The third kappa shape index (κ3) is 3.17. The zero-order valence-electron chi connectivity index (χ0n) is 10.3. The van der Waals surface area contributed by atoms with Gasteiger partial charge in [-0.3, -0.25) is 4.79 Å². The molecule has 0 spiro atoms. The first-order valence-corrected chi connectivity index (χ1v) is 6.80. The Balaban J connectivity index is 1.97. The fourth-order valence-corrected chi connectivity index (χ4v) is 2.60. The van der Waals surface area contributed by atoms with E-state index in [1.807, 2.05) is 31.2 Å². The molecule has 0 atom stereocenters. The number of aromatic nitrogens is 1. The van der Waals surface area contributed by atoms with E-state index in [0.717, 1.165) is 21.9 Å². The smallest absolute Gasteiger partial charge is 0.250 e. The van der Waals surface area contributed by atoms with Crippen molar-refractivity contribution >= 4 is 17.4 Å². The molecule has 2 rings (SSSR count). The van der Waals surface area contributed by atoms with Crippen molar-refractivity contribution < 1.29 is 0 Å². The molecule has 0 amide bonds. The topological polar surface area (TPSA) is 48.0 Å². The summed E-state index contributed by atoms with van der Waals surface area (Å²) in [5.74, 6) is 0.831. The van der Waals surface area contributed by atoms with Crippen molar-refractivity contribution in [3.63, 3.8) is 0 Å². The molecule has 0 saturated carbocycles. The normalized spacial score (nSPS) is 10.5. The Labute approximate surface area is 111 Å². The maximum Gasteiger partial charge on any atom is 0.250 e. The van der Waals surface area contributed by atoms with E-state index >= 15 is 0 Å². The van der Waals surface area contributed by atoms with Crippen molar-refractivity contribution in [2.24, 2.45) is 0 Å². The van der Waals surface area contributed by atoms with Crippen molar-refractivity contribution in [3.8, 4) is 0 Å². The Morgan fingerprint density at radius 1 is 1.28 bits per heavy atom. The summed E-state index contributed by atoms with van der Waals surface area (Å²) in [4.78, 5) is 12.6. The lowest BCUT2D eigenvalue weighted by atomic mass is 10.2. The van der Waals surface area contributed by atoms with E-state index in [1.165, 1.54) is 0 Å². The number of aryl methyl sites for hydroxylation is 2. The van der Waals surface area contributed by atoms with Gasteiger partial charge in [-0.1, -0.05) is 12.1 Å². The highest BCUT2D eigenvalue weighted by Gasteiger charge is 2.00. The summed E-state index contributed by atoms with van der Waals surface area (Å²) in [5, 5.41) is 0. The average molecular weight is 260 g/mol. The molecule has 2 N–H and O–H groups in total. The molecule has 0 aliphatic rings. The largest absolute Gasteiger partial charge is 0.398 e. The van der Waals surface area contributed by atoms with E-state index in [1.54, 1.807) is 34.7 Å². The van der Waals surface area contributed by atoms with Crippen molar-refractivity contribution in [2.45, 2.75) is 18.4 Å². The Morgan fingerprint density at radius 2 is 2.11 bits per heavy atom. The third-order valence-electron chi connectivity index (χ3n) is 2.65. The second-order valence-electron chi connectivity index (χ2n) is 4.12. The van der Waals surface area contributed by atoms with Crippen LogP contribution in [0.25, 0.3) is 0 Å². The molecular formula is C14H16N2OS. The highest BCUT2D eigenvalue weighted by Crippen LogP contribution is 2.25. The van der Waals surface area contributed by atoms with Gasteiger partial charge in [-0.05, 0) is 30.7 Å². The number of rotatable bonds is 4. The second-order valence-corrected chi connectivity index (χ2v) is 5.26. The van der Waals surface area contributed by atoms with Crippen LogP contribution >= 0.6 is 11.8 Å². The maximum atomic E-state index is 11.5. The minimum absolute atomic E-state index is 0.0370. The molecule has 18 heavy (non-hydrogen) atoms. The van der Waals surface area contributed by atoms with Crippen LogP contribution in [0.4, 0.5) is 5.69 Å². The number of hydrogen-bond acceptors (Lipinski definition) is 3. The Bertz CT molecular complexity index is 592. The number of nitrogens with zero attached hydrogens (tertiary/aromatic N) is 1. The lowest BCUT2D eigenvalue weighted by molar-refractivity contribution is 0.735. The number of thioether (sulfide) groups is 1. The Kier molecular flexibility index (Phi) is 4.10. The van der Waals surface area contributed by atoms with Crippen molar-refractivity contribution in [1.29, 1.82) is 0 Å². The van der Waals surface area contributed by atoms with Gasteiger partial charge in [0.2, 0.25) is 0 Å². The van der Waals surface area contributed by atoms with E-state index < -0.39 is 0 Å². The molecule has 1 aromatic heterocycles. The van der Waals surface area contributed by atoms with Gasteiger partial charge in [-0.15, -0.1) is 11.8 Å². The molecule has 0 saturated heterocycles. The fourth-order valence-electron chi connectivity index (χ4n) is 1.70. The fraction of sp³-hybridized carbons (Fsp3) is 0.214. The number of hydrogen-bond donors (Lipinski definition) is 1. The lowest BCUT2D eigenvalue weighted by Gasteiger charge is -2.07. The summed E-state index contributed by atoms with van der Waals surface area (Å²) in [6.07, 6.45) is 1.81. The Morgan fingerprint density at radius 3 is 2.83 bits per heavy atom. The molecule has 1 heterocycles. The number of nitrogens with two attached hydrogens (primary N) is 1. The van der Waals surface area contributed by atoms with Crippen molar-refractivity contribution in [1.82, 2.24) is 4.57 Å². The molecule has 4 heteroatoms. The Hall–Kier alpha value is -1.68. The minimum Gasteiger partial charge on any atom is -0.398 e. The first-order valence-electron chi connectivity index (χ1n) is 5.81. The maximum absolute atomic E-state index is 11.5. The summed E-state index contributed by atoms with van der Waals surface area (Å²) in [7, 11) is 0. The van der Waals surface area contributed by atoms with E-state index in [2.05, 4.69) is 0 Å². The van der Waals surface area contributed by atoms with Crippen molar-refractivity contribution in [3.05, 3.63) is 58.5 Å². The molecule has 0 aliphatic carbocycles. The summed E-state index contributed by atoms with van der Waals surface area (Å²) < 4.78 is 1.71. The van der Waals surface area contributed by atoms with Gasteiger partial charge < -0.3 is 10.3 Å². The number of benzene rings is 1. The molecule has 0 unspecified atom stereocenters. The minimum atomic E-state index is 0.0370. The molecule has 3 nitrogen and oxygen atoms in total. The van der Waals surface area contributed by atoms with Crippen LogP contribution in [-0.2, 0) is 6.54 Å². The van der Waals surface area contributed by atoms with E-state index in [-0.39, 0.29) is 5.56 Å². The van der Waals surface area contributed by atoms with E-state index in [4.69, 9.17) is 5.73 Å². The van der Waals surface area contributed by atoms with Crippen LogP contribution in [0.1, 0.15) is 5.56 Å². The summed E-state index contributed by atoms with van der Waals surface area (Å²) >= 11 is 1.67. The van der Waals surface area contributed by atoms with Gasteiger partial charge in [0.1, 0.15) is 0 Å². The highest BCUT2D eigenvalue weighted by molar-refractivity contribution is 7.99. The monoisotopic (exact) mass is 260 g/mol. The SMILES string of the molecule is Cc1ccc(SCCn2ccccc2=O)c(N)c1. The van der Waals surface area contributed by atoms with E-state index in [9.17, 15) is 4.79 Å². The molecule has 0 aliphatic heterocycles. The van der Waals surface area contributed by atoms with Crippen LogP contribution in [0.5, 0.6) is 0 Å². The predicted molar refractivity (Wildman–Crippen MR) is 77.0 cm³/mol. The zero-order chi connectivity index (χ0) is 13.0. The van der Waals surface area contributed by atoms with Gasteiger partial charge in [-0.2, -0.15) is 0 Å². The number of nitrogen functional groups attached to an aromatic ring is 1. The summed E-state index contributed by atoms with van der Waals surface area (Å²) in [6.45, 7) is 2.71. The van der Waals surface area contributed by atoms with Crippen LogP contribution in [0.15, 0.2) is 52.3 Å². The average Bonchev–Trinajstić information content (AvgIpc) is 2.34. The van der Waals surface area contributed by atoms with Crippen molar-refractivity contribution in [2.75, 3.05) is 11.5 Å². The molecule has 0 bridgehead atoms. The first kappa shape index (κ1) is 12.8. The van der Waals surface area contributed by atoms with Crippen LogP contribution in [0, 0.1) is 6.92 Å². The first-order chi connectivity index (χ1) is 8.66. The molecule has 2 aromatic rings. The molecule has 94 valence electrons. The van der Waals surface area contributed by atoms with E-state index in [0.29, 0.717) is 6.54 Å². The van der Waals surface area contributed by atoms with Crippen LogP contribution in [-0.4, -0.2) is 10.3 Å². The molecular weight excluding hydrogens is 244 g/mol. The quantitative estimate of drug-likeness (QED) is 0.679. The molecule has 0 radical (unpaired) electrons. The van der Waals surface area contributed by atoms with Crippen LogP contribution in [0.3, 0.4) is 0 Å². The molecule has 1 aromatic carbocycles. The lowest BCUT2D eigenvalue weighted by Crippen LogP contribution is -2.18. The summed E-state index contributed by atoms with van der Waals surface area (Å²) in [6, 6.07) is 11.2. The standard InChI is InChI=1S/C14H16N2OS/c1-11-5-6-13(12(15)10-11)18-9-8-16-7-3-2-4-14(16)17/h2-7,10H,8-9,15H2,1H3. The van der Waals surface area contributed by atoms with Crippen LogP contribution < -0.4 is 11.3 Å². The van der Waals surface area contributed by atoms with Gasteiger partial charge in [-0.25, -0.2) is 0 Å².